The zero-order chi connectivity index (χ0) is 9.30. The summed E-state index contributed by atoms with van der Waals surface area (Å²) in [6.07, 6.45) is 0. The van der Waals surface area contributed by atoms with Gasteiger partial charge in [-0.05, 0) is 40.6 Å². The van der Waals surface area contributed by atoms with Crippen molar-refractivity contribution in [2.45, 2.75) is 6.92 Å². The number of hydrogen-bond acceptors (Lipinski definition) is 0. The number of hydrogen-bond donors (Lipinski definition) is 0. The van der Waals surface area contributed by atoms with Crippen LogP contribution in [0.1, 0.15) is 12.5 Å². The Morgan fingerprint density at radius 3 is 2.58 bits per heavy atom. The van der Waals surface area contributed by atoms with Crippen LogP contribution in [-0.4, -0.2) is 0 Å². The van der Waals surface area contributed by atoms with E-state index in [2.05, 4.69) is 22.5 Å². The van der Waals surface area contributed by atoms with Crippen molar-refractivity contribution in [2.24, 2.45) is 0 Å². The second-order valence-electron chi connectivity index (χ2n) is 2.50. The second-order valence-corrected chi connectivity index (χ2v) is 3.73. The molecule has 0 aliphatic carbocycles. The molecule has 0 aliphatic rings. The summed E-state index contributed by atoms with van der Waals surface area (Å²) in [5, 5.41) is 0.377. The SMILES string of the molecule is C=C(C)c1c(F)ccc(Br)c1Cl. The number of benzene rings is 1. The van der Waals surface area contributed by atoms with Crippen LogP contribution in [0.4, 0.5) is 4.39 Å². The molecule has 64 valence electrons. The Labute approximate surface area is 84.2 Å². The fraction of sp³-hybridized carbons (Fsp3) is 0.111. The fourth-order valence-electron chi connectivity index (χ4n) is 0.918. The highest BCUT2D eigenvalue weighted by Gasteiger charge is 2.10. The van der Waals surface area contributed by atoms with E-state index in [1.54, 1.807) is 13.0 Å². The Balaban J connectivity index is 3.43. The summed E-state index contributed by atoms with van der Waals surface area (Å²) >= 11 is 9.05. The van der Waals surface area contributed by atoms with Crippen LogP contribution in [0.2, 0.25) is 5.02 Å². The zero-order valence-electron chi connectivity index (χ0n) is 6.50. The van der Waals surface area contributed by atoms with E-state index >= 15 is 0 Å². The van der Waals surface area contributed by atoms with Gasteiger partial charge in [0.25, 0.3) is 0 Å². The molecule has 0 aromatic heterocycles. The van der Waals surface area contributed by atoms with Gasteiger partial charge in [-0.25, -0.2) is 4.39 Å². The fourth-order valence-corrected chi connectivity index (χ4v) is 1.56. The van der Waals surface area contributed by atoms with Gasteiger partial charge in [-0.1, -0.05) is 18.2 Å². The first-order valence-electron chi connectivity index (χ1n) is 3.33. The van der Waals surface area contributed by atoms with Crippen LogP contribution in [0.15, 0.2) is 23.2 Å². The van der Waals surface area contributed by atoms with Crippen molar-refractivity contribution in [1.82, 2.24) is 0 Å². The monoisotopic (exact) mass is 248 g/mol. The third-order valence-electron chi connectivity index (χ3n) is 1.47. The van der Waals surface area contributed by atoms with Gasteiger partial charge in [0, 0.05) is 10.0 Å². The number of rotatable bonds is 1. The first-order chi connectivity index (χ1) is 5.54. The van der Waals surface area contributed by atoms with Gasteiger partial charge in [-0.3, -0.25) is 0 Å². The van der Waals surface area contributed by atoms with Gasteiger partial charge in [0.15, 0.2) is 0 Å². The molecule has 0 N–H and O–H groups in total. The molecule has 0 fully saturated rings. The van der Waals surface area contributed by atoms with E-state index in [-0.39, 0.29) is 5.82 Å². The highest BCUT2D eigenvalue weighted by molar-refractivity contribution is 9.10. The van der Waals surface area contributed by atoms with E-state index in [4.69, 9.17) is 11.6 Å². The van der Waals surface area contributed by atoms with Gasteiger partial charge in [0.2, 0.25) is 0 Å². The van der Waals surface area contributed by atoms with E-state index in [9.17, 15) is 4.39 Å². The number of halogens is 3. The van der Waals surface area contributed by atoms with E-state index in [1.807, 2.05) is 0 Å². The van der Waals surface area contributed by atoms with E-state index < -0.39 is 0 Å². The Kier molecular flexibility index (Phi) is 2.91. The van der Waals surface area contributed by atoms with Crippen LogP contribution in [-0.2, 0) is 0 Å². The van der Waals surface area contributed by atoms with E-state index in [0.29, 0.717) is 20.6 Å². The highest BCUT2D eigenvalue weighted by atomic mass is 79.9. The maximum atomic E-state index is 13.1. The van der Waals surface area contributed by atoms with Gasteiger partial charge in [-0.15, -0.1) is 0 Å². The van der Waals surface area contributed by atoms with Crippen molar-refractivity contribution in [3.8, 4) is 0 Å². The van der Waals surface area contributed by atoms with Crippen molar-refractivity contribution < 1.29 is 4.39 Å². The molecule has 0 saturated heterocycles. The lowest BCUT2D eigenvalue weighted by Crippen LogP contribution is -1.88. The Morgan fingerprint density at radius 2 is 2.17 bits per heavy atom. The van der Waals surface area contributed by atoms with Gasteiger partial charge in [-0.2, -0.15) is 0 Å². The van der Waals surface area contributed by atoms with Crippen LogP contribution < -0.4 is 0 Å². The van der Waals surface area contributed by atoms with Crippen LogP contribution in [0.5, 0.6) is 0 Å². The Hall–Kier alpha value is -0.340. The van der Waals surface area contributed by atoms with Gasteiger partial charge in [0.1, 0.15) is 5.82 Å². The summed E-state index contributed by atoms with van der Waals surface area (Å²) in [5.41, 5.74) is 1.00. The van der Waals surface area contributed by atoms with E-state index in [1.165, 1.54) is 6.07 Å². The maximum absolute atomic E-state index is 13.1. The predicted molar refractivity (Wildman–Crippen MR) is 53.8 cm³/mol. The van der Waals surface area contributed by atoms with Crippen LogP contribution in [0.3, 0.4) is 0 Å². The molecular weight excluding hydrogens is 242 g/mol. The quantitative estimate of drug-likeness (QED) is 0.652. The van der Waals surface area contributed by atoms with Crippen molar-refractivity contribution in [1.29, 1.82) is 0 Å². The molecule has 0 unspecified atom stereocenters. The van der Waals surface area contributed by atoms with Crippen molar-refractivity contribution >= 4 is 33.1 Å². The molecule has 0 atom stereocenters. The normalized spacial score (nSPS) is 10.0. The Bertz CT molecular complexity index is 334. The lowest BCUT2D eigenvalue weighted by molar-refractivity contribution is 0.624. The third kappa shape index (κ3) is 1.70. The average Bonchev–Trinajstić information content (AvgIpc) is 1.97. The molecule has 1 aromatic rings. The lowest BCUT2D eigenvalue weighted by atomic mass is 10.1. The highest BCUT2D eigenvalue weighted by Crippen LogP contribution is 2.31. The molecular formula is C9H7BrClF. The minimum absolute atomic E-state index is 0.337. The van der Waals surface area contributed by atoms with Crippen LogP contribution in [0, 0.1) is 5.82 Å². The molecule has 0 spiro atoms. The zero-order valence-corrected chi connectivity index (χ0v) is 8.84. The molecule has 0 amide bonds. The minimum Gasteiger partial charge on any atom is -0.206 e. The van der Waals surface area contributed by atoms with Crippen molar-refractivity contribution in [2.75, 3.05) is 0 Å². The molecule has 0 bridgehead atoms. The molecule has 3 heteroatoms. The first-order valence-corrected chi connectivity index (χ1v) is 4.50. The Morgan fingerprint density at radius 1 is 1.58 bits per heavy atom. The maximum Gasteiger partial charge on any atom is 0.132 e. The predicted octanol–water partition coefficient (Wildman–Crippen LogP) is 4.27. The lowest BCUT2D eigenvalue weighted by Gasteiger charge is -2.05. The molecule has 1 aromatic carbocycles. The third-order valence-corrected chi connectivity index (χ3v) is 2.75. The number of allylic oxidation sites excluding steroid dienone is 1. The molecule has 0 aliphatic heterocycles. The summed E-state index contributed by atoms with van der Waals surface area (Å²) < 4.78 is 13.8. The smallest absolute Gasteiger partial charge is 0.132 e. The summed E-state index contributed by atoms with van der Waals surface area (Å²) in [6, 6.07) is 2.93. The molecule has 0 radical (unpaired) electrons. The molecule has 0 nitrogen and oxygen atoms in total. The second kappa shape index (κ2) is 3.58. The van der Waals surface area contributed by atoms with Gasteiger partial charge in [0.05, 0.1) is 5.02 Å². The van der Waals surface area contributed by atoms with Gasteiger partial charge < -0.3 is 0 Å². The molecule has 0 heterocycles. The van der Waals surface area contributed by atoms with Crippen LogP contribution >= 0.6 is 27.5 Å². The largest absolute Gasteiger partial charge is 0.206 e. The summed E-state index contributed by atoms with van der Waals surface area (Å²) in [4.78, 5) is 0. The molecule has 1 rings (SSSR count). The molecule has 12 heavy (non-hydrogen) atoms. The van der Waals surface area contributed by atoms with Crippen molar-refractivity contribution in [3.63, 3.8) is 0 Å². The minimum atomic E-state index is -0.337. The van der Waals surface area contributed by atoms with Crippen LogP contribution in [0.25, 0.3) is 5.57 Å². The van der Waals surface area contributed by atoms with E-state index in [0.717, 1.165) is 0 Å². The van der Waals surface area contributed by atoms with Gasteiger partial charge >= 0.3 is 0 Å². The average molecular weight is 250 g/mol. The molecule has 0 saturated carbocycles. The topological polar surface area (TPSA) is 0 Å². The summed E-state index contributed by atoms with van der Waals surface area (Å²) in [5.74, 6) is -0.337. The summed E-state index contributed by atoms with van der Waals surface area (Å²) in [6.45, 7) is 5.36. The first kappa shape index (κ1) is 9.75. The summed E-state index contributed by atoms with van der Waals surface area (Å²) in [7, 11) is 0. The standard InChI is InChI=1S/C9H7BrClF/c1-5(2)8-7(12)4-3-6(10)9(8)11/h3-4H,1H2,2H3. The van der Waals surface area contributed by atoms with Crippen molar-refractivity contribution in [3.05, 3.63) is 39.6 Å².